The zero-order valence-corrected chi connectivity index (χ0v) is 18.3. The maximum atomic E-state index is 13.2. The highest BCUT2D eigenvalue weighted by molar-refractivity contribution is 7.08. The molecule has 5 rings (SSSR count). The molecule has 0 N–H and O–H groups in total. The molecule has 2 aliphatic heterocycles. The summed E-state index contributed by atoms with van der Waals surface area (Å²) in [7, 11) is 0. The third-order valence-corrected chi connectivity index (χ3v) is 6.71. The summed E-state index contributed by atoms with van der Waals surface area (Å²) in [5, 5.41) is 3.98. The molecular weight excluding hydrogens is 424 g/mol. The van der Waals surface area contributed by atoms with Gasteiger partial charge in [-0.25, -0.2) is 0 Å². The molecule has 0 atom stereocenters. The molecule has 0 aliphatic carbocycles. The number of carbonyl (C=O) groups excluding carboxylic acids is 3. The minimum atomic E-state index is -0.270. The second-order valence-electron chi connectivity index (χ2n) is 7.93. The van der Waals surface area contributed by atoms with Gasteiger partial charge in [0.15, 0.2) is 0 Å². The summed E-state index contributed by atoms with van der Waals surface area (Å²) in [4.78, 5) is 48.1. The van der Waals surface area contributed by atoms with Crippen LogP contribution in [0.3, 0.4) is 0 Å². The Morgan fingerprint density at radius 3 is 2.44 bits per heavy atom. The minimum Gasteiger partial charge on any atom is -0.367 e. The van der Waals surface area contributed by atoms with Crippen LogP contribution in [-0.4, -0.2) is 58.7 Å². The molecule has 0 bridgehead atoms. The Balaban J connectivity index is 1.30. The Bertz CT molecular complexity index is 1160. The molecule has 1 fully saturated rings. The smallest absolute Gasteiger partial charge is 0.263 e. The number of imide groups is 1. The van der Waals surface area contributed by atoms with E-state index < -0.39 is 0 Å². The number of hydrogen-bond acceptors (Lipinski definition) is 6. The van der Waals surface area contributed by atoms with Gasteiger partial charge in [-0.3, -0.25) is 24.3 Å². The summed E-state index contributed by atoms with van der Waals surface area (Å²) in [5.74, 6) is -0.419. The number of carbonyl (C=O) groups is 3. The van der Waals surface area contributed by atoms with Crippen LogP contribution in [0, 0.1) is 0 Å². The van der Waals surface area contributed by atoms with Crippen LogP contribution < -0.4 is 4.90 Å². The molecule has 0 saturated carbocycles. The van der Waals surface area contributed by atoms with Gasteiger partial charge in [-0.15, -0.1) is 0 Å². The molecule has 1 saturated heterocycles. The predicted molar refractivity (Wildman–Crippen MR) is 122 cm³/mol. The molecule has 32 heavy (non-hydrogen) atoms. The van der Waals surface area contributed by atoms with Crippen LogP contribution in [0.15, 0.2) is 59.6 Å². The maximum Gasteiger partial charge on any atom is 0.263 e. The van der Waals surface area contributed by atoms with Crippen molar-refractivity contribution in [1.82, 2.24) is 14.8 Å². The number of piperazine rings is 1. The second-order valence-corrected chi connectivity index (χ2v) is 8.71. The Labute approximate surface area is 189 Å². The maximum absolute atomic E-state index is 13.2. The van der Waals surface area contributed by atoms with Crippen LogP contribution in [0.2, 0.25) is 0 Å². The Morgan fingerprint density at radius 2 is 1.72 bits per heavy atom. The molecule has 7 nitrogen and oxygen atoms in total. The van der Waals surface area contributed by atoms with Gasteiger partial charge in [0.2, 0.25) is 5.91 Å². The van der Waals surface area contributed by atoms with Crippen molar-refractivity contribution in [2.24, 2.45) is 0 Å². The molecular formula is C24H22N4O3S. The van der Waals surface area contributed by atoms with E-state index >= 15 is 0 Å². The first-order chi connectivity index (χ1) is 15.6. The number of rotatable bonds is 5. The van der Waals surface area contributed by atoms with Crippen molar-refractivity contribution in [2.75, 3.05) is 31.1 Å². The van der Waals surface area contributed by atoms with Crippen LogP contribution in [0.4, 0.5) is 5.69 Å². The topological polar surface area (TPSA) is 73.8 Å². The minimum absolute atomic E-state index is 0.121. The first-order valence-electron chi connectivity index (χ1n) is 10.5. The lowest BCUT2D eigenvalue weighted by Crippen LogP contribution is -2.49. The number of hydrogen-bond donors (Lipinski definition) is 0. The van der Waals surface area contributed by atoms with Crippen molar-refractivity contribution >= 4 is 34.7 Å². The number of fused-ring (bicyclic) bond motifs is 1. The van der Waals surface area contributed by atoms with Gasteiger partial charge in [-0.05, 0) is 52.2 Å². The molecule has 2 aliphatic rings. The zero-order chi connectivity index (χ0) is 22.1. The zero-order valence-electron chi connectivity index (χ0n) is 17.4. The van der Waals surface area contributed by atoms with Crippen LogP contribution in [0.25, 0.3) is 0 Å². The van der Waals surface area contributed by atoms with Crippen molar-refractivity contribution in [1.29, 1.82) is 0 Å². The monoisotopic (exact) mass is 446 g/mol. The fraction of sp³-hybridized carbons (Fsp3) is 0.250. The van der Waals surface area contributed by atoms with Crippen LogP contribution in [0.5, 0.6) is 0 Å². The lowest BCUT2D eigenvalue weighted by Gasteiger charge is -2.36. The van der Waals surface area contributed by atoms with Gasteiger partial charge in [0.25, 0.3) is 11.8 Å². The van der Waals surface area contributed by atoms with Gasteiger partial charge in [0.05, 0.1) is 29.8 Å². The number of pyridine rings is 1. The van der Waals surface area contributed by atoms with E-state index in [1.807, 2.05) is 33.9 Å². The number of thiophene rings is 1. The predicted octanol–water partition coefficient (Wildman–Crippen LogP) is 2.83. The molecule has 0 spiro atoms. The van der Waals surface area contributed by atoms with Crippen molar-refractivity contribution in [3.63, 3.8) is 0 Å². The molecule has 0 unspecified atom stereocenters. The van der Waals surface area contributed by atoms with E-state index in [1.165, 1.54) is 4.90 Å². The molecule has 3 aromatic rings. The highest BCUT2D eigenvalue weighted by atomic mass is 32.1. The van der Waals surface area contributed by atoms with E-state index in [9.17, 15) is 14.4 Å². The molecule has 8 heteroatoms. The largest absolute Gasteiger partial charge is 0.367 e. The van der Waals surface area contributed by atoms with Gasteiger partial charge >= 0.3 is 0 Å². The lowest BCUT2D eigenvalue weighted by molar-refractivity contribution is -0.130. The number of nitrogens with zero attached hydrogens (tertiary/aromatic N) is 4. The van der Waals surface area contributed by atoms with Gasteiger partial charge in [0.1, 0.15) is 0 Å². The summed E-state index contributed by atoms with van der Waals surface area (Å²) in [6, 6.07) is 11.0. The Morgan fingerprint density at radius 1 is 0.938 bits per heavy atom. The van der Waals surface area contributed by atoms with Crippen LogP contribution >= 0.6 is 11.3 Å². The Kier molecular flexibility index (Phi) is 5.45. The van der Waals surface area contributed by atoms with E-state index in [-0.39, 0.29) is 24.3 Å². The number of amides is 3. The first-order valence-corrected chi connectivity index (χ1v) is 11.5. The van der Waals surface area contributed by atoms with Gasteiger partial charge < -0.3 is 9.80 Å². The fourth-order valence-electron chi connectivity index (χ4n) is 4.27. The lowest BCUT2D eigenvalue weighted by atomic mass is 10.1. The van der Waals surface area contributed by atoms with Crippen LogP contribution in [-0.2, 0) is 17.8 Å². The summed E-state index contributed by atoms with van der Waals surface area (Å²) < 4.78 is 0. The van der Waals surface area contributed by atoms with Gasteiger partial charge in [-0.2, -0.15) is 11.3 Å². The molecule has 4 heterocycles. The standard InChI is InChI=1S/C24H22N4O3S/c29-21(14-18-6-13-32-16-18)27-11-9-26(10-12-27)20-3-1-2-19-22(20)24(31)28(23(19)30)15-17-4-7-25-8-5-17/h1-8,13,16H,9-12,14-15H2. The van der Waals surface area contributed by atoms with E-state index in [2.05, 4.69) is 9.88 Å². The highest BCUT2D eigenvalue weighted by Gasteiger charge is 2.38. The fourth-order valence-corrected chi connectivity index (χ4v) is 4.94. The summed E-state index contributed by atoms with van der Waals surface area (Å²) >= 11 is 1.59. The van der Waals surface area contributed by atoms with Crippen LogP contribution in [0.1, 0.15) is 31.8 Å². The summed E-state index contributed by atoms with van der Waals surface area (Å²) in [5.41, 5.74) is 3.57. The van der Waals surface area contributed by atoms with Crippen molar-refractivity contribution in [3.05, 3.63) is 81.8 Å². The quantitative estimate of drug-likeness (QED) is 0.564. The van der Waals surface area contributed by atoms with Gasteiger partial charge in [0, 0.05) is 38.6 Å². The molecule has 3 amide bonds. The summed E-state index contributed by atoms with van der Waals surface area (Å²) in [6.07, 6.45) is 3.72. The van der Waals surface area contributed by atoms with Crippen molar-refractivity contribution < 1.29 is 14.4 Å². The van der Waals surface area contributed by atoms with Gasteiger partial charge in [-0.1, -0.05) is 6.07 Å². The number of aromatic nitrogens is 1. The van der Waals surface area contributed by atoms with Crippen molar-refractivity contribution in [3.8, 4) is 0 Å². The second kappa shape index (κ2) is 8.55. The number of anilines is 1. The average molecular weight is 447 g/mol. The third-order valence-electron chi connectivity index (χ3n) is 5.98. The molecule has 1 aromatic carbocycles. The van der Waals surface area contributed by atoms with E-state index in [4.69, 9.17) is 0 Å². The normalized spacial score (nSPS) is 15.9. The molecule has 162 valence electrons. The Hall–Kier alpha value is -3.52. The molecule has 2 aromatic heterocycles. The highest BCUT2D eigenvalue weighted by Crippen LogP contribution is 2.33. The SMILES string of the molecule is O=C(Cc1ccsc1)N1CCN(c2cccc3c2C(=O)N(Cc2ccncc2)C3=O)CC1. The third kappa shape index (κ3) is 3.78. The number of benzene rings is 1. The first kappa shape index (κ1) is 20.4. The van der Waals surface area contributed by atoms with E-state index in [1.54, 1.807) is 41.9 Å². The van der Waals surface area contributed by atoms with Crippen molar-refractivity contribution in [2.45, 2.75) is 13.0 Å². The average Bonchev–Trinajstić information content (AvgIpc) is 3.42. The summed E-state index contributed by atoms with van der Waals surface area (Å²) in [6.45, 7) is 2.65. The van der Waals surface area contributed by atoms with E-state index in [0.717, 1.165) is 16.8 Å². The van der Waals surface area contributed by atoms with E-state index in [0.29, 0.717) is 43.7 Å². The molecule has 0 radical (unpaired) electrons.